The van der Waals surface area contributed by atoms with Crippen LogP contribution in [0, 0.1) is 0 Å². The summed E-state index contributed by atoms with van der Waals surface area (Å²) >= 11 is 1.57. The number of amides is 1. The zero-order valence-corrected chi connectivity index (χ0v) is 12.7. The molecular formula is C14H19N5OS. The lowest BCUT2D eigenvalue weighted by molar-refractivity contribution is 0.0953. The van der Waals surface area contributed by atoms with Crippen LogP contribution < -0.4 is 11.1 Å². The quantitative estimate of drug-likeness (QED) is 0.675. The van der Waals surface area contributed by atoms with E-state index < -0.39 is 0 Å². The first-order valence-corrected chi connectivity index (χ1v) is 7.74. The van der Waals surface area contributed by atoms with E-state index in [-0.39, 0.29) is 11.9 Å². The van der Waals surface area contributed by atoms with Gasteiger partial charge in [0.2, 0.25) is 0 Å². The van der Waals surface area contributed by atoms with E-state index in [2.05, 4.69) is 20.5 Å². The van der Waals surface area contributed by atoms with Crippen molar-refractivity contribution in [2.75, 3.05) is 6.54 Å². The largest absolute Gasteiger partial charge is 0.352 e. The number of rotatable bonds is 7. The first-order chi connectivity index (χ1) is 10.1. The van der Waals surface area contributed by atoms with Crippen LogP contribution in [0.3, 0.4) is 0 Å². The number of nitrogens with two attached hydrogens (primary N) is 1. The fourth-order valence-electron chi connectivity index (χ4n) is 1.68. The van der Waals surface area contributed by atoms with Gasteiger partial charge in [-0.05, 0) is 31.0 Å². The normalized spacial score (nSPS) is 12.1. The summed E-state index contributed by atoms with van der Waals surface area (Å²) in [6, 6.07) is 7.66. The lowest BCUT2D eigenvalue weighted by atomic mass is 10.1. The van der Waals surface area contributed by atoms with E-state index in [1.807, 2.05) is 31.2 Å². The van der Waals surface area contributed by atoms with Gasteiger partial charge in [0.05, 0.1) is 0 Å². The molecule has 1 amide bonds. The molecule has 1 atom stereocenters. The number of hydrogen-bond donors (Lipinski definition) is 3. The first kappa shape index (κ1) is 15.5. The Morgan fingerprint density at radius 1 is 1.43 bits per heavy atom. The Labute approximate surface area is 127 Å². The van der Waals surface area contributed by atoms with Crippen molar-refractivity contribution in [2.24, 2.45) is 5.73 Å². The van der Waals surface area contributed by atoms with Gasteiger partial charge in [0.1, 0.15) is 6.33 Å². The number of aromatic nitrogens is 3. The third kappa shape index (κ3) is 5.20. The highest BCUT2D eigenvalue weighted by molar-refractivity contribution is 7.98. The summed E-state index contributed by atoms with van der Waals surface area (Å²) in [5, 5.41) is 10.2. The number of aromatic amines is 1. The fourth-order valence-corrected chi connectivity index (χ4v) is 2.42. The molecule has 0 fully saturated rings. The number of nitrogens with one attached hydrogen (secondary N) is 2. The monoisotopic (exact) mass is 305 g/mol. The maximum Gasteiger partial charge on any atom is 0.251 e. The van der Waals surface area contributed by atoms with Crippen LogP contribution in [0.5, 0.6) is 0 Å². The number of thioether (sulfide) groups is 1. The zero-order valence-electron chi connectivity index (χ0n) is 11.9. The minimum absolute atomic E-state index is 0.0647. The Morgan fingerprint density at radius 2 is 2.19 bits per heavy atom. The minimum Gasteiger partial charge on any atom is -0.352 e. The van der Waals surface area contributed by atoms with Crippen LogP contribution in [0.15, 0.2) is 35.7 Å². The number of carbonyl (C=O) groups is 1. The molecule has 7 heteroatoms. The highest BCUT2D eigenvalue weighted by atomic mass is 32.2. The number of hydrogen-bond acceptors (Lipinski definition) is 5. The number of H-pyrrole nitrogens is 1. The molecule has 1 aromatic heterocycles. The molecule has 0 bridgehead atoms. The molecule has 0 aliphatic heterocycles. The summed E-state index contributed by atoms with van der Waals surface area (Å²) < 4.78 is 0. The molecule has 2 rings (SSSR count). The second-order valence-corrected chi connectivity index (χ2v) is 5.76. The van der Waals surface area contributed by atoms with E-state index in [0.717, 1.165) is 22.9 Å². The molecule has 1 unspecified atom stereocenters. The van der Waals surface area contributed by atoms with E-state index in [9.17, 15) is 4.79 Å². The molecule has 0 aliphatic carbocycles. The van der Waals surface area contributed by atoms with Crippen molar-refractivity contribution in [1.29, 1.82) is 0 Å². The summed E-state index contributed by atoms with van der Waals surface area (Å²) in [5.74, 6) is 0.715. The molecule has 0 saturated heterocycles. The topological polar surface area (TPSA) is 96.7 Å². The van der Waals surface area contributed by atoms with Crippen LogP contribution >= 0.6 is 11.8 Å². The Morgan fingerprint density at radius 3 is 2.81 bits per heavy atom. The first-order valence-electron chi connectivity index (χ1n) is 6.76. The minimum atomic E-state index is -0.0647. The van der Waals surface area contributed by atoms with Gasteiger partial charge in [0.15, 0.2) is 5.16 Å². The predicted molar refractivity (Wildman–Crippen MR) is 83.0 cm³/mol. The van der Waals surface area contributed by atoms with Gasteiger partial charge in [0, 0.05) is 23.9 Å². The van der Waals surface area contributed by atoms with Gasteiger partial charge in [-0.3, -0.25) is 9.89 Å². The molecule has 21 heavy (non-hydrogen) atoms. The Balaban J connectivity index is 1.82. The van der Waals surface area contributed by atoms with E-state index in [1.165, 1.54) is 6.33 Å². The Hall–Kier alpha value is -1.86. The van der Waals surface area contributed by atoms with Gasteiger partial charge in [0.25, 0.3) is 5.91 Å². The summed E-state index contributed by atoms with van der Waals surface area (Å²) in [6.07, 6.45) is 2.26. The van der Waals surface area contributed by atoms with Crippen LogP contribution in [0.4, 0.5) is 0 Å². The summed E-state index contributed by atoms with van der Waals surface area (Å²) in [7, 11) is 0. The molecule has 0 spiro atoms. The van der Waals surface area contributed by atoms with Gasteiger partial charge < -0.3 is 11.1 Å². The highest BCUT2D eigenvalue weighted by Gasteiger charge is 2.06. The van der Waals surface area contributed by atoms with E-state index in [4.69, 9.17) is 5.73 Å². The number of carbonyl (C=O) groups excluding carboxylic acids is 1. The molecule has 1 heterocycles. The van der Waals surface area contributed by atoms with E-state index in [0.29, 0.717) is 12.1 Å². The van der Waals surface area contributed by atoms with Crippen molar-refractivity contribution in [3.8, 4) is 0 Å². The molecule has 0 radical (unpaired) electrons. The Kier molecular flexibility index (Phi) is 5.77. The van der Waals surface area contributed by atoms with Crippen molar-refractivity contribution in [1.82, 2.24) is 20.5 Å². The molecule has 4 N–H and O–H groups in total. The smallest absolute Gasteiger partial charge is 0.251 e. The van der Waals surface area contributed by atoms with Crippen molar-refractivity contribution in [2.45, 2.75) is 30.3 Å². The molecule has 6 nitrogen and oxygen atoms in total. The van der Waals surface area contributed by atoms with Gasteiger partial charge in [-0.25, -0.2) is 4.98 Å². The van der Waals surface area contributed by atoms with Gasteiger partial charge in [-0.2, -0.15) is 5.10 Å². The average Bonchev–Trinajstić information content (AvgIpc) is 2.98. The molecular weight excluding hydrogens is 286 g/mol. The number of benzene rings is 1. The summed E-state index contributed by atoms with van der Waals surface area (Å²) in [5.41, 5.74) is 7.43. The standard InChI is InChI=1S/C14H19N5OS/c1-10(15)6-7-16-13(20)12-4-2-11(3-5-12)8-21-14-17-9-18-19-14/h2-5,9-10H,6-8,15H2,1H3,(H,16,20)(H,17,18,19). The number of nitrogens with zero attached hydrogens (tertiary/aromatic N) is 2. The van der Waals surface area contributed by atoms with Crippen LogP contribution in [0.2, 0.25) is 0 Å². The van der Waals surface area contributed by atoms with E-state index in [1.54, 1.807) is 11.8 Å². The second kappa shape index (κ2) is 7.80. The maximum atomic E-state index is 11.9. The fraction of sp³-hybridized carbons (Fsp3) is 0.357. The van der Waals surface area contributed by atoms with Crippen LogP contribution in [-0.4, -0.2) is 33.7 Å². The SMILES string of the molecule is CC(N)CCNC(=O)c1ccc(CSc2ncn[nH]2)cc1. The van der Waals surface area contributed by atoms with Crippen molar-refractivity contribution < 1.29 is 4.79 Å². The van der Waals surface area contributed by atoms with E-state index >= 15 is 0 Å². The molecule has 0 saturated carbocycles. The molecule has 1 aromatic carbocycles. The predicted octanol–water partition coefficient (Wildman–Crippen LogP) is 1.56. The average molecular weight is 305 g/mol. The zero-order chi connectivity index (χ0) is 15.1. The summed E-state index contributed by atoms with van der Waals surface area (Å²) in [4.78, 5) is 15.9. The van der Waals surface area contributed by atoms with Crippen LogP contribution in [-0.2, 0) is 5.75 Å². The third-order valence-electron chi connectivity index (χ3n) is 2.87. The lowest BCUT2D eigenvalue weighted by Gasteiger charge is -2.07. The van der Waals surface area contributed by atoms with Crippen molar-refractivity contribution in [3.05, 3.63) is 41.7 Å². The molecule has 112 valence electrons. The summed E-state index contributed by atoms with van der Waals surface area (Å²) in [6.45, 7) is 2.52. The maximum absolute atomic E-state index is 11.9. The Bertz CT molecular complexity index is 553. The van der Waals surface area contributed by atoms with Crippen LogP contribution in [0.1, 0.15) is 29.3 Å². The molecule has 2 aromatic rings. The lowest BCUT2D eigenvalue weighted by Crippen LogP contribution is -2.28. The van der Waals surface area contributed by atoms with Gasteiger partial charge in [-0.1, -0.05) is 23.9 Å². The van der Waals surface area contributed by atoms with Crippen molar-refractivity contribution >= 4 is 17.7 Å². The third-order valence-corrected chi connectivity index (χ3v) is 3.82. The second-order valence-electron chi connectivity index (χ2n) is 4.80. The van der Waals surface area contributed by atoms with Gasteiger partial charge in [-0.15, -0.1) is 0 Å². The highest BCUT2D eigenvalue weighted by Crippen LogP contribution is 2.18. The molecule has 0 aliphatic rings. The van der Waals surface area contributed by atoms with Crippen molar-refractivity contribution in [3.63, 3.8) is 0 Å². The van der Waals surface area contributed by atoms with Gasteiger partial charge >= 0.3 is 0 Å². The van der Waals surface area contributed by atoms with Crippen LogP contribution in [0.25, 0.3) is 0 Å².